The molecule has 0 radical (unpaired) electrons. The lowest BCUT2D eigenvalue weighted by Gasteiger charge is -2.02. The van der Waals surface area contributed by atoms with Gasteiger partial charge in [0.1, 0.15) is 4.88 Å². The summed E-state index contributed by atoms with van der Waals surface area (Å²) in [5.74, 6) is -1.42. The first kappa shape index (κ1) is 10.5. The van der Waals surface area contributed by atoms with Gasteiger partial charge in [0.25, 0.3) is 0 Å². The first-order valence-corrected chi connectivity index (χ1v) is 5.10. The average Bonchev–Trinajstić information content (AvgIpc) is 2.69. The summed E-state index contributed by atoms with van der Waals surface area (Å²) in [4.78, 5) is 18.3. The number of carbonyl (C=O) groups is 1. The van der Waals surface area contributed by atoms with E-state index in [0.29, 0.717) is 5.69 Å². The van der Waals surface area contributed by atoms with Gasteiger partial charge < -0.3 is 10.4 Å². The van der Waals surface area contributed by atoms with Crippen LogP contribution in [0.1, 0.15) is 9.67 Å². The summed E-state index contributed by atoms with van der Waals surface area (Å²) in [7, 11) is 0. The van der Waals surface area contributed by atoms with Gasteiger partial charge in [-0.25, -0.2) is 19.2 Å². The van der Waals surface area contributed by atoms with Gasteiger partial charge in [0.05, 0.1) is 18.1 Å². The zero-order valence-electron chi connectivity index (χ0n) is 7.85. The summed E-state index contributed by atoms with van der Waals surface area (Å²) in [5, 5.41) is 13.2. The maximum absolute atomic E-state index is 12.5. The highest BCUT2D eigenvalue weighted by atomic mass is 32.1. The summed E-state index contributed by atoms with van der Waals surface area (Å²) in [5.41, 5.74) is 0.393. The van der Waals surface area contributed by atoms with Crippen LogP contribution in [-0.4, -0.2) is 21.0 Å². The number of hydrogen-bond acceptors (Lipinski definition) is 5. The lowest BCUT2D eigenvalue weighted by Crippen LogP contribution is -2.01. The summed E-state index contributed by atoms with van der Waals surface area (Å²) >= 11 is 1.09. The van der Waals surface area contributed by atoms with Gasteiger partial charge in [-0.3, -0.25) is 0 Å². The van der Waals surface area contributed by atoms with E-state index in [-0.39, 0.29) is 10.8 Å². The molecule has 2 aromatic rings. The van der Waals surface area contributed by atoms with Crippen molar-refractivity contribution < 1.29 is 14.3 Å². The van der Waals surface area contributed by atoms with Crippen molar-refractivity contribution in [3.63, 3.8) is 0 Å². The lowest BCUT2D eigenvalue weighted by atomic mass is 10.4. The molecule has 2 rings (SSSR count). The normalized spacial score (nSPS) is 10.1. The molecule has 0 spiro atoms. The number of nitrogens with one attached hydrogen (secondary N) is 1. The Labute approximate surface area is 93.6 Å². The van der Waals surface area contributed by atoms with Crippen LogP contribution in [0.4, 0.5) is 16.0 Å². The second kappa shape index (κ2) is 4.23. The molecule has 7 heteroatoms. The van der Waals surface area contributed by atoms with Crippen molar-refractivity contribution >= 4 is 28.9 Å². The number of hydrogen-bond donors (Lipinski definition) is 2. The summed E-state index contributed by atoms with van der Waals surface area (Å²) in [6.45, 7) is 0. The van der Waals surface area contributed by atoms with E-state index < -0.39 is 11.8 Å². The number of rotatable bonds is 3. The highest BCUT2D eigenvalue weighted by molar-refractivity contribution is 7.12. The Morgan fingerprint density at radius 2 is 2.12 bits per heavy atom. The van der Waals surface area contributed by atoms with E-state index in [1.165, 1.54) is 0 Å². The average molecular weight is 239 g/mol. The number of nitrogens with zero attached hydrogens (tertiary/aromatic N) is 2. The third-order valence-corrected chi connectivity index (χ3v) is 2.63. The van der Waals surface area contributed by atoms with Crippen LogP contribution in [0, 0.1) is 5.82 Å². The van der Waals surface area contributed by atoms with Crippen molar-refractivity contribution in [3.8, 4) is 0 Å². The fourth-order valence-corrected chi connectivity index (χ4v) is 1.76. The second-order valence-electron chi connectivity index (χ2n) is 2.82. The third-order valence-electron chi connectivity index (χ3n) is 1.73. The molecule has 0 aliphatic carbocycles. The highest BCUT2D eigenvalue weighted by Gasteiger charge is 2.12. The molecule has 0 aliphatic rings. The fourth-order valence-electron chi connectivity index (χ4n) is 1.07. The summed E-state index contributed by atoms with van der Waals surface area (Å²) in [6, 6.07) is 1.60. The molecule has 5 nitrogen and oxygen atoms in total. The van der Waals surface area contributed by atoms with Crippen molar-refractivity contribution in [3.05, 3.63) is 34.5 Å². The van der Waals surface area contributed by atoms with E-state index in [2.05, 4.69) is 15.3 Å². The molecule has 2 N–H and O–H groups in total. The molecule has 0 unspecified atom stereocenters. The molecule has 0 bridgehead atoms. The van der Waals surface area contributed by atoms with Crippen LogP contribution in [0.15, 0.2) is 23.8 Å². The molecule has 0 saturated carbocycles. The number of aromatic carboxylic acids is 1. The Morgan fingerprint density at radius 3 is 2.75 bits per heavy atom. The minimum absolute atomic E-state index is 0.155. The van der Waals surface area contributed by atoms with Gasteiger partial charge in [0.2, 0.25) is 5.95 Å². The molecule has 0 aliphatic heterocycles. The predicted octanol–water partition coefficient (Wildman–Crippen LogP) is 2.12. The molecule has 2 aromatic heterocycles. The van der Waals surface area contributed by atoms with E-state index in [0.717, 1.165) is 23.7 Å². The smallest absolute Gasteiger partial charge is 0.348 e. The summed E-state index contributed by atoms with van der Waals surface area (Å²) < 4.78 is 12.5. The van der Waals surface area contributed by atoms with Gasteiger partial charge in [-0.1, -0.05) is 0 Å². The van der Waals surface area contributed by atoms with Gasteiger partial charge >= 0.3 is 5.97 Å². The van der Waals surface area contributed by atoms with Crippen LogP contribution < -0.4 is 5.32 Å². The molecular formula is C9H6FN3O2S. The zero-order chi connectivity index (χ0) is 11.5. The number of carboxylic acid groups (broad SMARTS) is 1. The van der Waals surface area contributed by atoms with E-state index in [4.69, 9.17) is 5.11 Å². The van der Waals surface area contributed by atoms with Crippen LogP contribution >= 0.6 is 11.3 Å². The van der Waals surface area contributed by atoms with E-state index >= 15 is 0 Å². The first-order valence-electron chi connectivity index (χ1n) is 4.22. The summed E-state index contributed by atoms with van der Waals surface area (Å²) in [6.07, 6.45) is 2.00. The Morgan fingerprint density at radius 1 is 1.44 bits per heavy atom. The maximum atomic E-state index is 12.5. The van der Waals surface area contributed by atoms with Gasteiger partial charge in [-0.15, -0.1) is 11.3 Å². The third kappa shape index (κ3) is 2.14. The predicted molar refractivity (Wildman–Crippen MR) is 56.6 cm³/mol. The standard InChI is InChI=1S/C9H6FN3O2S/c10-5-3-11-9(12-4-5)13-6-1-2-16-7(6)8(14)15/h1-4H,(H,14,15)(H,11,12,13). The number of anilines is 2. The molecular weight excluding hydrogens is 233 g/mol. The number of carboxylic acids is 1. The van der Waals surface area contributed by atoms with E-state index in [1.54, 1.807) is 11.4 Å². The van der Waals surface area contributed by atoms with Crippen LogP contribution in [0.25, 0.3) is 0 Å². The van der Waals surface area contributed by atoms with Crippen LogP contribution in [-0.2, 0) is 0 Å². The second-order valence-corrected chi connectivity index (χ2v) is 3.73. The van der Waals surface area contributed by atoms with Gasteiger partial charge in [-0.2, -0.15) is 0 Å². The highest BCUT2D eigenvalue weighted by Crippen LogP contribution is 2.24. The molecule has 0 amide bonds. The van der Waals surface area contributed by atoms with Crippen molar-refractivity contribution in [2.75, 3.05) is 5.32 Å². The van der Waals surface area contributed by atoms with Gasteiger partial charge in [0, 0.05) is 0 Å². The number of halogens is 1. The monoisotopic (exact) mass is 239 g/mol. The molecule has 82 valence electrons. The number of thiophene rings is 1. The van der Waals surface area contributed by atoms with Crippen LogP contribution in [0.5, 0.6) is 0 Å². The Kier molecular flexibility index (Phi) is 2.78. The SMILES string of the molecule is O=C(O)c1sccc1Nc1ncc(F)cn1. The number of aromatic nitrogens is 2. The van der Waals surface area contributed by atoms with Crippen LogP contribution in [0.2, 0.25) is 0 Å². The van der Waals surface area contributed by atoms with Crippen molar-refractivity contribution in [2.24, 2.45) is 0 Å². The lowest BCUT2D eigenvalue weighted by molar-refractivity contribution is 0.0703. The van der Waals surface area contributed by atoms with E-state index in [9.17, 15) is 9.18 Å². The maximum Gasteiger partial charge on any atom is 0.348 e. The Hall–Kier alpha value is -2.02. The largest absolute Gasteiger partial charge is 0.477 e. The van der Waals surface area contributed by atoms with Gasteiger partial charge in [0.15, 0.2) is 5.82 Å². The zero-order valence-corrected chi connectivity index (χ0v) is 8.66. The van der Waals surface area contributed by atoms with Crippen molar-refractivity contribution in [2.45, 2.75) is 0 Å². The molecule has 0 aromatic carbocycles. The Balaban J connectivity index is 2.23. The minimum Gasteiger partial charge on any atom is -0.477 e. The first-order chi connectivity index (χ1) is 7.66. The van der Waals surface area contributed by atoms with Crippen molar-refractivity contribution in [1.29, 1.82) is 0 Å². The van der Waals surface area contributed by atoms with Crippen molar-refractivity contribution in [1.82, 2.24) is 9.97 Å². The quantitative estimate of drug-likeness (QED) is 0.858. The van der Waals surface area contributed by atoms with Crippen LogP contribution in [0.3, 0.4) is 0 Å². The molecule has 16 heavy (non-hydrogen) atoms. The topological polar surface area (TPSA) is 75.1 Å². The Bertz CT molecular complexity index is 512. The molecule has 0 saturated heterocycles. The minimum atomic E-state index is -1.03. The molecule has 0 fully saturated rings. The van der Waals surface area contributed by atoms with E-state index in [1.807, 2.05) is 0 Å². The fraction of sp³-hybridized carbons (Fsp3) is 0. The molecule has 2 heterocycles. The van der Waals surface area contributed by atoms with Gasteiger partial charge in [-0.05, 0) is 11.4 Å². The molecule has 0 atom stereocenters.